The number of hydrogen-bond donors (Lipinski definition) is 1. The zero-order chi connectivity index (χ0) is 15.2. The van der Waals surface area contributed by atoms with E-state index in [9.17, 15) is 9.59 Å². The first kappa shape index (κ1) is 16.0. The fraction of sp³-hybridized carbons (Fsp3) is 0.600. The van der Waals surface area contributed by atoms with Crippen molar-refractivity contribution in [3.63, 3.8) is 0 Å². The second-order valence-electron chi connectivity index (χ2n) is 5.35. The molecule has 21 heavy (non-hydrogen) atoms. The van der Waals surface area contributed by atoms with Gasteiger partial charge in [-0.1, -0.05) is 0 Å². The molecule has 1 aromatic heterocycles. The van der Waals surface area contributed by atoms with Crippen LogP contribution in [0.15, 0.2) is 11.4 Å². The Kier molecular flexibility index (Phi) is 5.76. The summed E-state index contributed by atoms with van der Waals surface area (Å²) in [6, 6.07) is 2.09. The zero-order valence-electron chi connectivity index (χ0n) is 12.7. The molecule has 0 aromatic carbocycles. The number of likely N-dealkylation sites (N-methyl/N-ethyl adjacent to an activating group) is 2. The van der Waals surface area contributed by atoms with Crippen LogP contribution in [0.4, 0.5) is 0 Å². The third-order valence-electron chi connectivity index (χ3n) is 3.84. The number of thiophene rings is 1. The molecule has 1 aromatic rings. The predicted molar refractivity (Wildman–Crippen MR) is 84.2 cm³/mol. The van der Waals surface area contributed by atoms with Gasteiger partial charge in [-0.3, -0.25) is 9.59 Å². The van der Waals surface area contributed by atoms with Crippen molar-refractivity contribution < 1.29 is 9.59 Å². The molecule has 0 radical (unpaired) electrons. The van der Waals surface area contributed by atoms with Gasteiger partial charge in [-0.15, -0.1) is 11.3 Å². The molecular weight excluding hydrogens is 286 g/mol. The lowest BCUT2D eigenvalue weighted by Gasteiger charge is -2.27. The Labute approximate surface area is 129 Å². The molecule has 0 saturated heterocycles. The van der Waals surface area contributed by atoms with Crippen LogP contribution in [-0.4, -0.2) is 55.3 Å². The maximum Gasteiger partial charge on any atom is 0.223 e. The summed E-state index contributed by atoms with van der Waals surface area (Å²) in [6.45, 7) is 2.91. The van der Waals surface area contributed by atoms with Gasteiger partial charge in [0.25, 0.3) is 0 Å². The molecule has 5 nitrogen and oxygen atoms in total. The van der Waals surface area contributed by atoms with E-state index in [-0.39, 0.29) is 11.8 Å². The first-order valence-electron chi connectivity index (χ1n) is 7.33. The predicted octanol–water partition coefficient (Wildman–Crippen LogP) is 1.09. The topological polar surface area (TPSA) is 52.7 Å². The number of nitrogens with one attached hydrogen (secondary N) is 1. The molecule has 0 unspecified atom stereocenters. The molecule has 6 heteroatoms. The second-order valence-corrected chi connectivity index (χ2v) is 6.35. The minimum Gasteiger partial charge on any atom is -0.344 e. The Morgan fingerprint density at radius 2 is 2.24 bits per heavy atom. The van der Waals surface area contributed by atoms with Crippen LogP contribution in [0.1, 0.15) is 23.3 Å². The summed E-state index contributed by atoms with van der Waals surface area (Å²) < 4.78 is 0. The minimum absolute atomic E-state index is 0.0341. The van der Waals surface area contributed by atoms with E-state index < -0.39 is 0 Å². The van der Waals surface area contributed by atoms with Crippen LogP contribution in [0.2, 0.25) is 0 Å². The Balaban J connectivity index is 1.76. The van der Waals surface area contributed by atoms with Crippen LogP contribution >= 0.6 is 11.3 Å². The summed E-state index contributed by atoms with van der Waals surface area (Å²) in [4.78, 5) is 29.1. The van der Waals surface area contributed by atoms with Gasteiger partial charge < -0.3 is 15.1 Å². The number of carbonyl (C=O) groups is 2. The highest BCUT2D eigenvalue weighted by Gasteiger charge is 2.22. The van der Waals surface area contributed by atoms with E-state index in [2.05, 4.69) is 16.8 Å². The average Bonchev–Trinajstić information content (AvgIpc) is 2.97. The van der Waals surface area contributed by atoms with Crippen LogP contribution in [0.3, 0.4) is 0 Å². The van der Waals surface area contributed by atoms with Crippen LogP contribution in [0, 0.1) is 0 Å². The van der Waals surface area contributed by atoms with Crippen molar-refractivity contribution in [1.82, 2.24) is 15.1 Å². The van der Waals surface area contributed by atoms with E-state index >= 15 is 0 Å². The highest BCUT2D eigenvalue weighted by Crippen LogP contribution is 2.24. The smallest absolute Gasteiger partial charge is 0.223 e. The molecule has 0 saturated carbocycles. The summed E-state index contributed by atoms with van der Waals surface area (Å²) in [5, 5.41) is 5.09. The lowest BCUT2D eigenvalue weighted by atomic mass is 10.1. The summed E-state index contributed by atoms with van der Waals surface area (Å²) in [6.07, 6.45) is 1.54. The van der Waals surface area contributed by atoms with Gasteiger partial charge in [0.15, 0.2) is 0 Å². The first-order valence-corrected chi connectivity index (χ1v) is 8.21. The zero-order valence-corrected chi connectivity index (χ0v) is 13.5. The normalized spacial score (nSPS) is 13.9. The Bertz CT molecular complexity index is 501. The number of rotatable bonds is 6. The van der Waals surface area contributed by atoms with Gasteiger partial charge in [0.1, 0.15) is 0 Å². The number of hydrogen-bond acceptors (Lipinski definition) is 4. The molecule has 2 rings (SSSR count). The van der Waals surface area contributed by atoms with Gasteiger partial charge in [-0.25, -0.2) is 0 Å². The molecule has 2 amide bonds. The summed E-state index contributed by atoms with van der Waals surface area (Å²) in [5.41, 5.74) is 1.26. The minimum atomic E-state index is 0.0341. The maximum atomic E-state index is 12.2. The molecule has 0 aliphatic carbocycles. The van der Waals surface area contributed by atoms with Gasteiger partial charge in [0.2, 0.25) is 11.8 Å². The van der Waals surface area contributed by atoms with Gasteiger partial charge in [0.05, 0.1) is 0 Å². The largest absolute Gasteiger partial charge is 0.344 e. The van der Waals surface area contributed by atoms with Crippen LogP contribution in [0.25, 0.3) is 0 Å². The van der Waals surface area contributed by atoms with E-state index in [0.717, 1.165) is 19.5 Å². The highest BCUT2D eigenvalue weighted by molar-refractivity contribution is 7.10. The molecule has 2 heterocycles. The summed E-state index contributed by atoms with van der Waals surface area (Å²) in [7, 11) is 3.64. The van der Waals surface area contributed by atoms with E-state index in [4.69, 9.17) is 0 Å². The number of carbonyl (C=O) groups excluding carboxylic acids is 2. The number of nitrogens with zero attached hydrogens (tertiary/aromatic N) is 2. The van der Waals surface area contributed by atoms with Crippen molar-refractivity contribution >= 4 is 23.2 Å². The van der Waals surface area contributed by atoms with Gasteiger partial charge in [0, 0.05) is 50.9 Å². The Morgan fingerprint density at radius 3 is 3.00 bits per heavy atom. The van der Waals surface area contributed by atoms with E-state index in [1.165, 1.54) is 10.4 Å². The van der Waals surface area contributed by atoms with Crippen molar-refractivity contribution in [3.05, 3.63) is 21.9 Å². The van der Waals surface area contributed by atoms with Crippen molar-refractivity contribution in [2.75, 3.05) is 33.7 Å². The molecule has 0 bridgehead atoms. The number of fused-ring (bicyclic) bond motifs is 1. The monoisotopic (exact) mass is 309 g/mol. The molecule has 1 aliphatic heterocycles. The lowest BCUT2D eigenvalue weighted by Crippen LogP contribution is -2.37. The molecular formula is C15H23N3O2S. The SMILES string of the molecule is CNCCN(C)C(=O)CCC(=O)N1CCc2sccc2C1. The van der Waals surface area contributed by atoms with Crippen molar-refractivity contribution in [1.29, 1.82) is 0 Å². The average molecular weight is 309 g/mol. The van der Waals surface area contributed by atoms with E-state index in [1.54, 1.807) is 23.3 Å². The van der Waals surface area contributed by atoms with Gasteiger partial charge in [-0.2, -0.15) is 0 Å². The standard InChI is InChI=1S/C15H23N3O2S/c1-16-7-9-17(2)14(19)3-4-15(20)18-8-5-13-12(11-18)6-10-21-13/h6,10,16H,3-5,7-9,11H2,1-2H3. The third kappa shape index (κ3) is 4.28. The van der Waals surface area contributed by atoms with Crippen LogP contribution < -0.4 is 5.32 Å². The quantitative estimate of drug-likeness (QED) is 0.856. The lowest BCUT2D eigenvalue weighted by molar-refractivity contribution is -0.136. The molecule has 1 N–H and O–H groups in total. The van der Waals surface area contributed by atoms with Crippen molar-refractivity contribution in [3.8, 4) is 0 Å². The summed E-state index contributed by atoms with van der Waals surface area (Å²) >= 11 is 1.76. The third-order valence-corrected chi connectivity index (χ3v) is 4.86. The van der Waals surface area contributed by atoms with E-state index in [1.807, 2.05) is 11.9 Å². The second kappa shape index (κ2) is 7.56. The van der Waals surface area contributed by atoms with Gasteiger partial charge in [-0.05, 0) is 30.5 Å². The molecule has 116 valence electrons. The molecule has 0 atom stereocenters. The molecule has 0 fully saturated rings. The number of amides is 2. The Morgan fingerprint density at radius 1 is 1.43 bits per heavy atom. The Hall–Kier alpha value is -1.40. The maximum absolute atomic E-state index is 12.2. The fourth-order valence-electron chi connectivity index (χ4n) is 2.43. The van der Waals surface area contributed by atoms with Crippen molar-refractivity contribution in [2.24, 2.45) is 0 Å². The van der Waals surface area contributed by atoms with Gasteiger partial charge >= 0.3 is 0 Å². The van der Waals surface area contributed by atoms with Crippen LogP contribution in [0.5, 0.6) is 0 Å². The van der Waals surface area contributed by atoms with Crippen LogP contribution in [-0.2, 0) is 22.6 Å². The summed E-state index contributed by atoms with van der Waals surface area (Å²) in [5.74, 6) is 0.119. The van der Waals surface area contributed by atoms with Crippen molar-refractivity contribution in [2.45, 2.75) is 25.8 Å². The van der Waals surface area contributed by atoms with E-state index in [0.29, 0.717) is 25.9 Å². The fourth-order valence-corrected chi connectivity index (χ4v) is 3.32. The molecule has 1 aliphatic rings. The molecule has 0 spiro atoms. The highest BCUT2D eigenvalue weighted by atomic mass is 32.1. The first-order chi connectivity index (χ1) is 10.1.